The van der Waals surface area contributed by atoms with Crippen LogP contribution in [0.1, 0.15) is 25.7 Å². The summed E-state index contributed by atoms with van der Waals surface area (Å²) in [5, 5.41) is 12.0. The van der Waals surface area contributed by atoms with Gasteiger partial charge in [-0.3, -0.25) is 4.79 Å². The highest BCUT2D eigenvalue weighted by Crippen LogP contribution is 2.26. The monoisotopic (exact) mass is 270 g/mol. The maximum absolute atomic E-state index is 12.1. The molecule has 3 atom stereocenters. The number of hydrogen-bond acceptors (Lipinski definition) is 3. The highest BCUT2D eigenvalue weighted by molar-refractivity contribution is 5.77. The van der Waals surface area contributed by atoms with Crippen molar-refractivity contribution >= 4 is 12.0 Å². The number of rotatable bonds is 4. The molecule has 0 aromatic carbocycles. The van der Waals surface area contributed by atoms with Crippen LogP contribution in [0.5, 0.6) is 0 Å². The summed E-state index contributed by atoms with van der Waals surface area (Å²) in [5.41, 5.74) is 0. The number of carbonyl (C=O) groups is 2. The number of urea groups is 1. The molecule has 1 aliphatic carbocycles. The third-order valence-electron chi connectivity index (χ3n) is 4.12. The number of nitrogens with zero attached hydrogens (tertiary/aromatic N) is 1. The van der Waals surface area contributed by atoms with Crippen molar-refractivity contribution in [3.63, 3.8) is 0 Å². The van der Waals surface area contributed by atoms with Crippen molar-refractivity contribution < 1.29 is 19.4 Å². The van der Waals surface area contributed by atoms with Crippen molar-refractivity contribution in [1.29, 1.82) is 0 Å². The quantitative estimate of drug-likeness (QED) is 0.796. The average Bonchev–Trinajstić information content (AvgIpc) is 2.98. The molecule has 2 N–H and O–H groups in total. The minimum atomic E-state index is -0.804. The molecule has 0 radical (unpaired) electrons. The summed E-state index contributed by atoms with van der Waals surface area (Å²) in [5.74, 6) is -0.836. The van der Waals surface area contributed by atoms with Crippen LogP contribution in [0.15, 0.2) is 0 Å². The van der Waals surface area contributed by atoms with Gasteiger partial charge in [-0.15, -0.1) is 0 Å². The van der Waals surface area contributed by atoms with Crippen molar-refractivity contribution in [1.82, 2.24) is 10.2 Å². The lowest BCUT2D eigenvalue weighted by Crippen LogP contribution is -2.46. The Labute approximate surface area is 113 Å². The third kappa shape index (κ3) is 3.37. The summed E-state index contributed by atoms with van der Waals surface area (Å²) < 4.78 is 5.10. The highest BCUT2D eigenvalue weighted by Gasteiger charge is 2.35. The second kappa shape index (κ2) is 6.23. The van der Waals surface area contributed by atoms with Crippen molar-refractivity contribution in [3.05, 3.63) is 0 Å². The van der Waals surface area contributed by atoms with Crippen LogP contribution in [0.25, 0.3) is 0 Å². The van der Waals surface area contributed by atoms with Crippen LogP contribution in [0, 0.1) is 11.8 Å². The lowest BCUT2D eigenvalue weighted by molar-refractivity contribution is -0.142. The van der Waals surface area contributed by atoms with E-state index in [1.54, 1.807) is 12.0 Å². The molecule has 1 heterocycles. The lowest BCUT2D eigenvalue weighted by atomic mass is 10.0. The van der Waals surface area contributed by atoms with E-state index in [2.05, 4.69) is 5.32 Å². The molecule has 0 aromatic rings. The Balaban J connectivity index is 1.83. The van der Waals surface area contributed by atoms with Crippen LogP contribution in [0.4, 0.5) is 4.79 Å². The zero-order valence-corrected chi connectivity index (χ0v) is 11.3. The van der Waals surface area contributed by atoms with Crippen LogP contribution in [0.2, 0.25) is 0 Å². The first-order valence-corrected chi connectivity index (χ1v) is 6.89. The van der Waals surface area contributed by atoms with Gasteiger partial charge in [-0.25, -0.2) is 4.79 Å². The average molecular weight is 270 g/mol. The molecule has 1 saturated carbocycles. The molecule has 2 fully saturated rings. The molecule has 108 valence electrons. The van der Waals surface area contributed by atoms with Gasteiger partial charge in [0.05, 0.1) is 12.5 Å². The number of ether oxygens (including phenoxy) is 1. The van der Waals surface area contributed by atoms with Crippen LogP contribution >= 0.6 is 0 Å². The Bertz CT molecular complexity index is 348. The normalized spacial score (nSPS) is 30.6. The van der Waals surface area contributed by atoms with E-state index in [9.17, 15) is 9.59 Å². The van der Waals surface area contributed by atoms with Crippen molar-refractivity contribution in [2.75, 3.05) is 26.8 Å². The SMILES string of the molecule is COCC1CCN(C(=O)NC2CCCC2C(=O)O)C1. The minimum absolute atomic E-state index is 0.128. The van der Waals surface area contributed by atoms with Gasteiger partial charge in [-0.05, 0) is 19.3 Å². The fraction of sp³-hybridized carbons (Fsp3) is 0.846. The molecule has 6 heteroatoms. The van der Waals surface area contributed by atoms with E-state index in [0.717, 1.165) is 25.8 Å². The predicted molar refractivity (Wildman–Crippen MR) is 68.9 cm³/mol. The zero-order chi connectivity index (χ0) is 13.8. The molecule has 0 aromatic heterocycles. The first-order valence-electron chi connectivity index (χ1n) is 6.89. The summed E-state index contributed by atoms with van der Waals surface area (Å²) in [7, 11) is 1.67. The number of likely N-dealkylation sites (tertiary alicyclic amines) is 1. The van der Waals surface area contributed by atoms with Gasteiger partial charge < -0.3 is 20.1 Å². The molecule has 0 spiro atoms. The van der Waals surface area contributed by atoms with Crippen LogP contribution < -0.4 is 5.32 Å². The Hall–Kier alpha value is -1.30. The molecule has 19 heavy (non-hydrogen) atoms. The van der Waals surface area contributed by atoms with Gasteiger partial charge in [0.25, 0.3) is 0 Å². The van der Waals surface area contributed by atoms with E-state index in [0.29, 0.717) is 25.5 Å². The maximum atomic E-state index is 12.1. The van der Waals surface area contributed by atoms with Gasteiger partial charge in [0.1, 0.15) is 0 Å². The summed E-state index contributed by atoms with van der Waals surface area (Å²) in [6, 6.07) is -0.344. The largest absolute Gasteiger partial charge is 0.481 e. The number of amides is 2. The number of aliphatic carboxylic acids is 1. The summed E-state index contributed by atoms with van der Waals surface area (Å²) in [6.07, 6.45) is 3.24. The zero-order valence-electron chi connectivity index (χ0n) is 11.3. The minimum Gasteiger partial charge on any atom is -0.481 e. The summed E-state index contributed by atoms with van der Waals surface area (Å²) in [4.78, 5) is 24.9. The fourth-order valence-corrected chi connectivity index (χ4v) is 3.07. The van der Waals surface area contributed by atoms with Crippen molar-refractivity contribution in [3.8, 4) is 0 Å². The molecule has 2 aliphatic rings. The predicted octanol–water partition coefficient (Wildman–Crippen LogP) is 0.918. The Morgan fingerprint density at radius 3 is 2.84 bits per heavy atom. The molecular formula is C13H22N2O4. The Morgan fingerprint density at radius 1 is 1.37 bits per heavy atom. The van der Waals surface area contributed by atoms with Gasteiger partial charge in [0.2, 0.25) is 0 Å². The molecular weight excluding hydrogens is 248 g/mol. The van der Waals surface area contributed by atoms with Gasteiger partial charge in [-0.2, -0.15) is 0 Å². The van der Waals surface area contributed by atoms with Gasteiger partial charge in [0, 0.05) is 32.2 Å². The first-order chi connectivity index (χ1) is 9.11. The Morgan fingerprint density at radius 2 is 2.16 bits per heavy atom. The molecule has 1 aliphatic heterocycles. The molecule has 1 saturated heterocycles. The third-order valence-corrected chi connectivity index (χ3v) is 4.12. The summed E-state index contributed by atoms with van der Waals surface area (Å²) >= 11 is 0. The second-order valence-electron chi connectivity index (χ2n) is 5.49. The van der Waals surface area contributed by atoms with Gasteiger partial charge in [-0.1, -0.05) is 6.42 Å². The van der Waals surface area contributed by atoms with E-state index >= 15 is 0 Å². The van der Waals surface area contributed by atoms with Crippen molar-refractivity contribution in [2.45, 2.75) is 31.7 Å². The number of carboxylic acids is 1. The van der Waals surface area contributed by atoms with Gasteiger partial charge in [0.15, 0.2) is 0 Å². The fourth-order valence-electron chi connectivity index (χ4n) is 3.07. The number of hydrogen-bond donors (Lipinski definition) is 2. The molecule has 6 nitrogen and oxygen atoms in total. The first kappa shape index (κ1) is 14.1. The van der Waals surface area contributed by atoms with Crippen molar-refractivity contribution in [2.24, 2.45) is 11.8 Å². The second-order valence-corrected chi connectivity index (χ2v) is 5.49. The topological polar surface area (TPSA) is 78.9 Å². The molecule has 3 unspecified atom stereocenters. The number of carbonyl (C=O) groups excluding carboxylic acids is 1. The van der Waals surface area contributed by atoms with E-state index in [1.807, 2.05) is 0 Å². The number of methoxy groups -OCH3 is 1. The molecule has 2 rings (SSSR count). The number of nitrogens with one attached hydrogen (secondary N) is 1. The van der Waals surface area contributed by atoms with E-state index < -0.39 is 11.9 Å². The van der Waals surface area contributed by atoms with E-state index in [4.69, 9.17) is 9.84 Å². The smallest absolute Gasteiger partial charge is 0.317 e. The highest BCUT2D eigenvalue weighted by atomic mass is 16.5. The van der Waals surface area contributed by atoms with E-state index in [1.165, 1.54) is 0 Å². The van der Waals surface area contributed by atoms with Crippen LogP contribution in [-0.2, 0) is 9.53 Å². The Kier molecular flexibility index (Phi) is 4.63. The van der Waals surface area contributed by atoms with Gasteiger partial charge >= 0.3 is 12.0 Å². The summed E-state index contributed by atoms with van der Waals surface area (Å²) in [6.45, 7) is 2.10. The molecule has 0 bridgehead atoms. The molecule has 2 amide bonds. The van der Waals surface area contributed by atoms with E-state index in [-0.39, 0.29) is 12.1 Å². The maximum Gasteiger partial charge on any atom is 0.317 e. The standard InChI is InChI=1S/C13H22N2O4/c1-19-8-9-5-6-15(7-9)13(18)14-11-4-2-3-10(11)12(16)17/h9-11H,2-8H2,1H3,(H,14,18)(H,16,17). The van der Waals surface area contributed by atoms with Crippen LogP contribution in [-0.4, -0.2) is 54.9 Å². The lowest BCUT2D eigenvalue weighted by Gasteiger charge is -2.23. The van der Waals surface area contributed by atoms with Crippen LogP contribution in [0.3, 0.4) is 0 Å². The number of carboxylic acid groups (broad SMARTS) is 1.